The van der Waals surface area contributed by atoms with Crippen LogP contribution in [0.4, 0.5) is 5.00 Å². The van der Waals surface area contributed by atoms with Crippen LogP contribution in [0.5, 0.6) is 5.75 Å². The van der Waals surface area contributed by atoms with Crippen LogP contribution in [0.1, 0.15) is 43.7 Å². The number of nitrogens with one attached hydrogen (secondary N) is 2. The first-order chi connectivity index (χ1) is 13.9. The number of sulfone groups is 1. The molecule has 9 heteroatoms. The molecule has 160 valence electrons. The summed E-state index contributed by atoms with van der Waals surface area (Å²) in [4.78, 5) is 13.6. The van der Waals surface area contributed by atoms with Gasteiger partial charge in [0.15, 0.2) is 9.84 Å². The van der Waals surface area contributed by atoms with Crippen molar-refractivity contribution in [1.29, 1.82) is 5.26 Å². The van der Waals surface area contributed by atoms with Crippen molar-refractivity contribution < 1.29 is 17.9 Å². The van der Waals surface area contributed by atoms with E-state index in [0.717, 1.165) is 10.4 Å². The Labute approximate surface area is 181 Å². The monoisotopic (exact) mass is 447 g/mol. The Morgan fingerprint density at radius 3 is 2.47 bits per heavy atom. The van der Waals surface area contributed by atoms with Crippen molar-refractivity contribution >= 4 is 32.1 Å². The van der Waals surface area contributed by atoms with Gasteiger partial charge in [0.05, 0.1) is 17.6 Å². The molecule has 0 aliphatic carbocycles. The van der Waals surface area contributed by atoms with E-state index in [1.165, 1.54) is 42.7 Å². The third-order valence-corrected chi connectivity index (χ3v) is 8.05. The van der Waals surface area contributed by atoms with Crippen LogP contribution in [0, 0.1) is 11.3 Å². The van der Waals surface area contributed by atoms with E-state index in [0.29, 0.717) is 22.7 Å². The SMILES string of the molecule is COc1ccc(S(=O)(=O)CC(=O)Nc2sc3c(c2C#N)CC(C)(C)NC3(C)C)cc1. The number of hydrogen-bond donors (Lipinski definition) is 2. The lowest BCUT2D eigenvalue weighted by Gasteiger charge is -2.42. The van der Waals surface area contributed by atoms with Gasteiger partial charge in [-0.2, -0.15) is 5.26 Å². The number of rotatable bonds is 5. The standard InChI is InChI=1S/C21H25N3O4S2/c1-20(2)10-15-16(11-22)19(29-18(15)21(3,4)24-20)23-17(25)12-30(26,27)14-8-6-13(28-5)7-9-14/h6-9,24H,10,12H2,1-5H3,(H,23,25). The first kappa shape index (κ1) is 22.3. The fourth-order valence-corrected chi connectivity index (χ4v) is 6.31. The van der Waals surface area contributed by atoms with Crippen LogP contribution in [0.3, 0.4) is 0 Å². The maximum absolute atomic E-state index is 12.6. The highest BCUT2D eigenvalue weighted by Crippen LogP contribution is 2.44. The van der Waals surface area contributed by atoms with E-state index < -0.39 is 21.5 Å². The number of ether oxygens (including phenoxy) is 1. The van der Waals surface area contributed by atoms with Crippen LogP contribution in [0.2, 0.25) is 0 Å². The van der Waals surface area contributed by atoms with Crippen molar-refractivity contribution in [2.24, 2.45) is 0 Å². The lowest BCUT2D eigenvalue weighted by atomic mass is 9.81. The quantitative estimate of drug-likeness (QED) is 0.729. The molecule has 3 rings (SSSR count). The van der Waals surface area contributed by atoms with Gasteiger partial charge in [0.2, 0.25) is 5.91 Å². The highest BCUT2D eigenvalue weighted by Gasteiger charge is 2.40. The van der Waals surface area contributed by atoms with E-state index in [1.54, 1.807) is 0 Å². The molecule has 1 amide bonds. The molecular weight excluding hydrogens is 422 g/mol. The molecule has 1 aliphatic heterocycles. The summed E-state index contributed by atoms with van der Waals surface area (Å²) in [5.41, 5.74) is 0.741. The minimum Gasteiger partial charge on any atom is -0.497 e. The van der Waals surface area contributed by atoms with Gasteiger partial charge in [0.25, 0.3) is 0 Å². The number of nitriles is 1. The lowest BCUT2D eigenvalue weighted by Crippen LogP contribution is -2.54. The fraction of sp³-hybridized carbons (Fsp3) is 0.429. The summed E-state index contributed by atoms with van der Waals surface area (Å²) in [7, 11) is -2.34. The molecule has 2 N–H and O–H groups in total. The molecule has 30 heavy (non-hydrogen) atoms. The molecule has 1 aromatic heterocycles. The predicted molar refractivity (Wildman–Crippen MR) is 117 cm³/mol. The molecule has 2 aromatic rings. The van der Waals surface area contributed by atoms with Gasteiger partial charge in [0, 0.05) is 16.0 Å². The molecule has 7 nitrogen and oxygen atoms in total. The van der Waals surface area contributed by atoms with Crippen LogP contribution >= 0.6 is 11.3 Å². The molecule has 1 aromatic carbocycles. The van der Waals surface area contributed by atoms with Crippen molar-refractivity contribution in [3.63, 3.8) is 0 Å². The molecule has 2 heterocycles. The average molecular weight is 448 g/mol. The molecule has 0 atom stereocenters. The van der Waals surface area contributed by atoms with Gasteiger partial charge in [-0.15, -0.1) is 11.3 Å². The van der Waals surface area contributed by atoms with E-state index in [2.05, 4.69) is 30.6 Å². The Bertz CT molecular complexity index is 1120. The highest BCUT2D eigenvalue weighted by atomic mass is 32.2. The van der Waals surface area contributed by atoms with Gasteiger partial charge in [-0.1, -0.05) is 0 Å². The number of nitrogens with zero attached hydrogens (tertiary/aromatic N) is 1. The molecule has 0 saturated carbocycles. The van der Waals surface area contributed by atoms with Crippen molar-refractivity contribution in [3.05, 3.63) is 40.3 Å². The number of benzene rings is 1. The maximum Gasteiger partial charge on any atom is 0.240 e. The number of hydrogen-bond acceptors (Lipinski definition) is 7. The molecule has 0 spiro atoms. The minimum absolute atomic E-state index is 0.0384. The lowest BCUT2D eigenvalue weighted by molar-refractivity contribution is -0.113. The zero-order valence-electron chi connectivity index (χ0n) is 17.6. The van der Waals surface area contributed by atoms with Gasteiger partial charge in [-0.05, 0) is 63.9 Å². The largest absolute Gasteiger partial charge is 0.497 e. The topological polar surface area (TPSA) is 108 Å². The van der Waals surface area contributed by atoms with Crippen molar-refractivity contribution in [2.75, 3.05) is 18.2 Å². The second kappa shape index (κ2) is 7.69. The van der Waals surface area contributed by atoms with Gasteiger partial charge < -0.3 is 15.4 Å². The van der Waals surface area contributed by atoms with Crippen molar-refractivity contribution in [3.8, 4) is 11.8 Å². The Hall–Kier alpha value is -2.41. The molecule has 0 bridgehead atoms. The zero-order chi connectivity index (χ0) is 22.3. The minimum atomic E-state index is -3.83. The third kappa shape index (κ3) is 4.36. The second-order valence-corrected chi connectivity index (χ2v) is 11.5. The molecule has 1 aliphatic rings. The van der Waals surface area contributed by atoms with Gasteiger partial charge >= 0.3 is 0 Å². The third-order valence-electron chi connectivity index (χ3n) is 4.95. The van der Waals surface area contributed by atoms with Crippen LogP contribution < -0.4 is 15.4 Å². The molecule has 0 saturated heterocycles. The van der Waals surface area contributed by atoms with Crippen molar-refractivity contribution in [1.82, 2.24) is 5.32 Å². The maximum atomic E-state index is 12.6. The average Bonchev–Trinajstić information content (AvgIpc) is 2.97. The second-order valence-electron chi connectivity index (χ2n) is 8.52. The Morgan fingerprint density at radius 2 is 1.90 bits per heavy atom. The van der Waals surface area contributed by atoms with Crippen LogP contribution in [-0.2, 0) is 26.6 Å². The molecule has 0 unspecified atom stereocenters. The van der Waals surface area contributed by atoms with Crippen molar-refractivity contribution in [2.45, 2.75) is 50.1 Å². The highest BCUT2D eigenvalue weighted by molar-refractivity contribution is 7.92. The fourth-order valence-electron chi connectivity index (χ4n) is 3.94. The van der Waals surface area contributed by atoms with E-state index in [9.17, 15) is 18.5 Å². The van der Waals surface area contributed by atoms with E-state index in [1.807, 2.05) is 13.8 Å². The number of anilines is 1. The Morgan fingerprint density at radius 1 is 1.27 bits per heavy atom. The summed E-state index contributed by atoms with van der Waals surface area (Å²) in [5.74, 6) is -0.855. The van der Waals surface area contributed by atoms with Crippen LogP contribution in [-0.4, -0.2) is 32.7 Å². The summed E-state index contributed by atoms with van der Waals surface area (Å²) in [5, 5.41) is 16.3. The molecule has 0 fully saturated rings. The normalized spacial score (nSPS) is 16.9. The van der Waals surface area contributed by atoms with E-state index in [-0.39, 0.29) is 16.0 Å². The summed E-state index contributed by atoms with van der Waals surface area (Å²) in [6, 6.07) is 8.07. The van der Waals surface area contributed by atoms with Crippen LogP contribution in [0.15, 0.2) is 29.2 Å². The van der Waals surface area contributed by atoms with Gasteiger partial charge in [-0.25, -0.2) is 8.42 Å². The number of thiophene rings is 1. The number of methoxy groups -OCH3 is 1. The zero-order valence-corrected chi connectivity index (χ0v) is 19.3. The predicted octanol–water partition coefficient (Wildman–Crippen LogP) is 3.20. The summed E-state index contributed by atoms with van der Waals surface area (Å²) in [6.07, 6.45) is 0.644. The molecular formula is C21H25N3O4S2. The van der Waals surface area contributed by atoms with E-state index in [4.69, 9.17) is 4.74 Å². The number of carbonyl (C=O) groups is 1. The van der Waals surface area contributed by atoms with Gasteiger partial charge in [0.1, 0.15) is 22.6 Å². The Kier molecular flexibility index (Phi) is 5.71. The first-order valence-electron chi connectivity index (χ1n) is 9.41. The first-order valence-corrected chi connectivity index (χ1v) is 11.9. The van der Waals surface area contributed by atoms with Crippen LogP contribution in [0.25, 0.3) is 0 Å². The summed E-state index contributed by atoms with van der Waals surface area (Å²) in [6.45, 7) is 8.20. The summed E-state index contributed by atoms with van der Waals surface area (Å²) < 4.78 is 30.2. The van der Waals surface area contributed by atoms with E-state index >= 15 is 0 Å². The Balaban J connectivity index is 1.85. The number of amides is 1. The number of fused-ring (bicyclic) bond motifs is 1. The smallest absolute Gasteiger partial charge is 0.240 e. The molecule has 0 radical (unpaired) electrons. The number of carbonyl (C=O) groups excluding carboxylic acids is 1. The van der Waals surface area contributed by atoms with Gasteiger partial charge in [-0.3, -0.25) is 4.79 Å². The summed E-state index contributed by atoms with van der Waals surface area (Å²) >= 11 is 1.32.